The van der Waals surface area contributed by atoms with Gasteiger partial charge in [0.25, 0.3) is 0 Å². The van der Waals surface area contributed by atoms with Crippen LogP contribution in [-0.2, 0) is 6.42 Å². The number of anilines is 1. The summed E-state index contributed by atoms with van der Waals surface area (Å²) < 4.78 is 0.958. The number of nitrogens with zero attached hydrogens (tertiary/aromatic N) is 2. The van der Waals surface area contributed by atoms with Crippen molar-refractivity contribution in [1.29, 1.82) is 0 Å². The van der Waals surface area contributed by atoms with E-state index in [0.29, 0.717) is 11.6 Å². The number of carbonyl (C=O) groups is 1. The second-order valence-corrected chi connectivity index (χ2v) is 9.03. The number of hydrogen-bond acceptors (Lipinski definition) is 2. The van der Waals surface area contributed by atoms with Crippen LogP contribution in [0.4, 0.5) is 10.5 Å². The van der Waals surface area contributed by atoms with Crippen molar-refractivity contribution in [3.8, 4) is 0 Å². The smallest absolute Gasteiger partial charge is 0.306 e. The van der Waals surface area contributed by atoms with Crippen molar-refractivity contribution in [3.63, 3.8) is 0 Å². The Balaban J connectivity index is 1.63. The van der Waals surface area contributed by atoms with Crippen molar-refractivity contribution in [1.82, 2.24) is 5.01 Å². The van der Waals surface area contributed by atoms with Crippen molar-refractivity contribution in [2.24, 2.45) is 10.5 Å². The van der Waals surface area contributed by atoms with Crippen LogP contribution in [-0.4, -0.2) is 23.3 Å². The highest BCUT2D eigenvalue weighted by molar-refractivity contribution is 9.10. The average Bonchev–Trinajstić information content (AvgIpc) is 3.08. The fourth-order valence-corrected chi connectivity index (χ4v) is 4.11. The van der Waals surface area contributed by atoms with E-state index in [9.17, 15) is 4.79 Å². The zero-order chi connectivity index (χ0) is 21.1. The summed E-state index contributed by atoms with van der Waals surface area (Å²) in [4.78, 5) is 12.9. The first-order valence-corrected chi connectivity index (χ1v) is 10.8. The zero-order valence-corrected chi connectivity index (χ0v) is 18.8. The third-order valence-electron chi connectivity index (χ3n) is 5.18. The van der Waals surface area contributed by atoms with Gasteiger partial charge in [0.2, 0.25) is 0 Å². The quantitative estimate of drug-likeness (QED) is 0.447. The molecule has 1 aliphatic heterocycles. The molecule has 1 aliphatic rings. The number of amides is 2. The van der Waals surface area contributed by atoms with E-state index in [2.05, 4.69) is 40.3 Å². The molecule has 30 heavy (non-hydrogen) atoms. The predicted molar refractivity (Wildman–Crippen MR) is 126 cm³/mol. The number of halogens is 2. The van der Waals surface area contributed by atoms with Gasteiger partial charge in [0.1, 0.15) is 0 Å². The first-order valence-electron chi connectivity index (χ1n) is 9.66. The van der Waals surface area contributed by atoms with Gasteiger partial charge in [0.05, 0.1) is 12.3 Å². The van der Waals surface area contributed by atoms with E-state index in [-0.39, 0.29) is 11.4 Å². The molecule has 0 saturated carbocycles. The molecule has 1 N–H and O–H groups in total. The second-order valence-electron chi connectivity index (χ2n) is 7.67. The van der Waals surface area contributed by atoms with E-state index in [1.54, 1.807) is 0 Å². The lowest BCUT2D eigenvalue weighted by Crippen LogP contribution is -2.37. The number of urea groups is 1. The molecule has 3 aromatic carbocycles. The molecule has 0 radical (unpaired) electrons. The van der Waals surface area contributed by atoms with Gasteiger partial charge in [-0.2, -0.15) is 5.10 Å². The third-order valence-corrected chi connectivity index (χ3v) is 5.96. The molecule has 3 aromatic rings. The third kappa shape index (κ3) is 4.58. The molecule has 1 heterocycles. The van der Waals surface area contributed by atoms with Crippen molar-refractivity contribution >= 4 is 45.0 Å². The largest absolute Gasteiger partial charge is 0.342 e. The fraction of sp³-hybridized carbons (Fsp3) is 0.167. The number of nitrogens with one attached hydrogen (secondary N) is 1. The number of benzene rings is 3. The molecule has 4 rings (SSSR count). The molecular formula is C24H21BrClN3O. The van der Waals surface area contributed by atoms with Gasteiger partial charge in [-0.25, -0.2) is 9.80 Å². The van der Waals surface area contributed by atoms with Gasteiger partial charge in [-0.1, -0.05) is 76.9 Å². The normalized spacial score (nSPS) is 18.2. The SMILES string of the molecule is CC1(Cc2ccccc2)CN(C(=O)Nc2ccc(Br)cc2)N=C1c1ccc(Cl)cc1. The van der Waals surface area contributed by atoms with E-state index < -0.39 is 0 Å². The van der Waals surface area contributed by atoms with E-state index in [1.807, 2.05) is 66.7 Å². The van der Waals surface area contributed by atoms with E-state index in [0.717, 1.165) is 27.9 Å². The molecule has 4 nitrogen and oxygen atoms in total. The Kier molecular flexibility index (Phi) is 5.93. The maximum atomic E-state index is 12.9. The van der Waals surface area contributed by atoms with Crippen molar-refractivity contribution in [2.75, 3.05) is 11.9 Å². The summed E-state index contributed by atoms with van der Waals surface area (Å²) in [7, 11) is 0. The minimum Gasteiger partial charge on any atom is -0.306 e. The summed E-state index contributed by atoms with van der Waals surface area (Å²) in [5, 5.41) is 9.86. The van der Waals surface area contributed by atoms with E-state index in [4.69, 9.17) is 16.7 Å². The molecule has 152 valence electrons. The van der Waals surface area contributed by atoms with Crippen LogP contribution in [0.5, 0.6) is 0 Å². The van der Waals surface area contributed by atoms with Crippen LogP contribution in [0.3, 0.4) is 0 Å². The summed E-state index contributed by atoms with van der Waals surface area (Å²) in [5.41, 5.74) is 3.46. The van der Waals surface area contributed by atoms with Gasteiger partial charge in [-0.15, -0.1) is 0 Å². The van der Waals surface area contributed by atoms with Crippen LogP contribution in [0.25, 0.3) is 0 Å². The summed E-state index contributed by atoms with van der Waals surface area (Å²) in [6.07, 6.45) is 0.775. The van der Waals surface area contributed by atoms with Crippen LogP contribution in [0.15, 0.2) is 88.4 Å². The first-order chi connectivity index (χ1) is 14.4. The van der Waals surface area contributed by atoms with Gasteiger partial charge in [0.15, 0.2) is 0 Å². The molecule has 2 amide bonds. The Hall–Kier alpha value is -2.63. The van der Waals surface area contributed by atoms with Gasteiger partial charge in [-0.3, -0.25) is 0 Å². The number of hydrazone groups is 1. The maximum Gasteiger partial charge on any atom is 0.342 e. The van der Waals surface area contributed by atoms with Crippen molar-refractivity contribution in [3.05, 3.63) is 99.5 Å². The van der Waals surface area contributed by atoms with Crippen LogP contribution < -0.4 is 5.32 Å². The molecule has 6 heteroatoms. The number of carbonyl (C=O) groups excluding carboxylic acids is 1. The van der Waals surface area contributed by atoms with Crippen LogP contribution in [0.1, 0.15) is 18.1 Å². The molecule has 1 unspecified atom stereocenters. The molecule has 0 spiro atoms. The Labute approximate surface area is 189 Å². The van der Waals surface area contributed by atoms with Gasteiger partial charge >= 0.3 is 6.03 Å². The lowest BCUT2D eigenvalue weighted by Gasteiger charge is -2.26. The average molecular weight is 483 g/mol. The lowest BCUT2D eigenvalue weighted by atomic mass is 9.77. The molecule has 0 aromatic heterocycles. The Morgan fingerprint density at radius 2 is 1.73 bits per heavy atom. The molecule has 0 aliphatic carbocycles. The van der Waals surface area contributed by atoms with E-state index in [1.165, 1.54) is 10.6 Å². The molecule has 0 fully saturated rings. The monoisotopic (exact) mass is 481 g/mol. The Morgan fingerprint density at radius 1 is 1.07 bits per heavy atom. The second kappa shape index (κ2) is 8.62. The molecule has 0 bridgehead atoms. The van der Waals surface area contributed by atoms with Crippen LogP contribution in [0, 0.1) is 5.41 Å². The summed E-state index contributed by atoms with van der Waals surface area (Å²) >= 11 is 9.49. The van der Waals surface area contributed by atoms with Gasteiger partial charge < -0.3 is 5.32 Å². The van der Waals surface area contributed by atoms with E-state index >= 15 is 0 Å². The maximum absolute atomic E-state index is 12.9. The van der Waals surface area contributed by atoms with Crippen molar-refractivity contribution in [2.45, 2.75) is 13.3 Å². The fourth-order valence-electron chi connectivity index (χ4n) is 3.72. The van der Waals surface area contributed by atoms with Gasteiger partial charge in [-0.05, 0) is 53.9 Å². The molecule has 0 saturated heterocycles. The highest BCUT2D eigenvalue weighted by Crippen LogP contribution is 2.35. The molecular weight excluding hydrogens is 462 g/mol. The zero-order valence-electron chi connectivity index (χ0n) is 16.5. The molecule has 1 atom stereocenters. The standard InChI is InChI=1S/C24H21BrClN3O/c1-24(15-17-5-3-2-4-6-17)16-29(23(30)27-21-13-9-19(25)10-14-21)28-22(24)18-7-11-20(26)12-8-18/h2-14H,15-16H2,1H3,(H,27,30). The predicted octanol–water partition coefficient (Wildman–Crippen LogP) is 6.60. The number of rotatable bonds is 4. The van der Waals surface area contributed by atoms with Gasteiger partial charge in [0, 0.05) is 20.6 Å². The first kappa shape index (κ1) is 20.6. The Morgan fingerprint density at radius 3 is 2.40 bits per heavy atom. The minimum absolute atomic E-state index is 0.249. The minimum atomic E-state index is -0.327. The Bertz CT molecular complexity index is 1070. The highest BCUT2D eigenvalue weighted by Gasteiger charge is 2.41. The summed E-state index contributed by atoms with van der Waals surface area (Å²) in [5.74, 6) is 0. The summed E-state index contributed by atoms with van der Waals surface area (Å²) in [6, 6.07) is 25.1. The van der Waals surface area contributed by atoms with Crippen molar-refractivity contribution < 1.29 is 4.79 Å². The lowest BCUT2D eigenvalue weighted by molar-refractivity contribution is 0.208. The highest BCUT2D eigenvalue weighted by atomic mass is 79.9. The van der Waals surface area contributed by atoms with Crippen LogP contribution >= 0.6 is 27.5 Å². The number of hydrogen-bond donors (Lipinski definition) is 1. The topological polar surface area (TPSA) is 44.7 Å². The van der Waals surface area contributed by atoms with Crippen LogP contribution in [0.2, 0.25) is 5.02 Å². The summed E-state index contributed by atoms with van der Waals surface area (Å²) in [6.45, 7) is 2.64.